The van der Waals surface area contributed by atoms with Crippen LogP contribution in [-0.2, 0) is 4.74 Å². The Hall–Kier alpha value is -2.43. The molecule has 2 aromatic rings. The van der Waals surface area contributed by atoms with Gasteiger partial charge in [0.2, 0.25) is 5.88 Å². The number of benzene rings is 1. The van der Waals surface area contributed by atoms with Crippen LogP contribution in [0.4, 0.5) is 4.39 Å². The molecular weight excluding hydrogens is 261 g/mol. The minimum atomic E-state index is -0.690. The Morgan fingerprint density at radius 1 is 1.25 bits per heavy atom. The summed E-state index contributed by atoms with van der Waals surface area (Å²) in [4.78, 5) is 15.4. The largest absolute Gasteiger partial charge is 0.481 e. The highest BCUT2D eigenvalue weighted by Gasteiger charge is 2.15. The third-order valence-electron chi connectivity index (χ3n) is 2.97. The molecule has 0 aliphatic rings. The summed E-state index contributed by atoms with van der Waals surface area (Å²) in [6.45, 7) is 1.80. The second-order valence-corrected chi connectivity index (χ2v) is 4.23. The smallest absolute Gasteiger partial charge is 0.340 e. The van der Waals surface area contributed by atoms with Gasteiger partial charge in [-0.1, -0.05) is 0 Å². The monoisotopic (exact) mass is 275 g/mol. The Balaban J connectivity index is 2.53. The summed E-state index contributed by atoms with van der Waals surface area (Å²) >= 11 is 0. The number of hydrogen-bond donors (Lipinski definition) is 0. The minimum absolute atomic E-state index is 0.0743. The van der Waals surface area contributed by atoms with Crippen LogP contribution in [0.1, 0.15) is 15.9 Å². The number of pyridine rings is 1. The van der Waals surface area contributed by atoms with Crippen molar-refractivity contribution < 1.29 is 18.7 Å². The van der Waals surface area contributed by atoms with E-state index in [1.807, 2.05) is 0 Å². The summed E-state index contributed by atoms with van der Waals surface area (Å²) in [5.41, 5.74) is 2.13. The zero-order valence-electron chi connectivity index (χ0n) is 11.4. The van der Waals surface area contributed by atoms with Crippen molar-refractivity contribution in [2.75, 3.05) is 14.2 Å². The fourth-order valence-electron chi connectivity index (χ4n) is 1.95. The number of aryl methyl sites for hydroxylation is 1. The van der Waals surface area contributed by atoms with E-state index in [2.05, 4.69) is 9.72 Å². The number of nitrogens with zero attached hydrogens (tertiary/aromatic N) is 1. The van der Waals surface area contributed by atoms with Gasteiger partial charge in [0, 0.05) is 12.3 Å². The van der Waals surface area contributed by atoms with Crippen LogP contribution in [0.3, 0.4) is 0 Å². The normalized spacial score (nSPS) is 10.2. The molecular formula is C15H14FNO3. The van der Waals surface area contributed by atoms with Crippen LogP contribution >= 0.6 is 0 Å². The molecule has 4 nitrogen and oxygen atoms in total. The molecule has 0 unspecified atom stereocenters. The first kappa shape index (κ1) is 14.0. The highest BCUT2D eigenvalue weighted by Crippen LogP contribution is 2.28. The van der Waals surface area contributed by atoms with Crippen molar-refractivity contribution in [2.24, 2.45) is 0 Å². The van der Waals surface area contributed by atoms with Crippen LogP contribution < -0.4 is 4.74 Å². The molecule has 20 heavy (non-hydrogen) atoms. The molecule has 1 heterocycles. The molecule has 2 rings (SSSR count). The Labute approximate surface area is 116 Å². The molecule has 0 amide bonds. The van der Waals surface area contributed by atoms with E-state index in [-0.39, 0.29) is 5.56 Å². The molecule has 0 saturated carbocycles. The minimum Gasteiger partial charge on any atom is -0.481 e. The first-order valence-electron chi connectivity index (χ1n) is 5.95. The summed E-state index contributed by atoms with van der Waals surface area (Å²) in [7, 11) is 2.73. The summed E-state index contributed by atoms with van der Waals surface area (Å²) in [6, 6.07) is 6.25. The van der Waals surface area contributed by atoms with Gasteiger partial charge >= 0.3 is 5.97 Å². The van der Waals surface area contributed by atoms with Crippen LogP contribution in [0.15, 0.2) is 30.5 Å². The molecule has 0 N–H and O–H groups in total. The van der Waals surface area contributed by atoms with Gasteiger partial charge in [0.15, 0.2) is 0 Å². The number of carbonyl (C=O) groups is 1. The van der Waals surface area contributed by atoms with Gasteiger partial charge in [0.25, 0.3) is 0 Å². The van der Waals surface area contributed by atoms with E-state index in [9.17, 15) is 9.18 Å². The van der Waals surface area contributed by atoms with Crippen LogP contribution in [0, 0.1) is 12.7 Å². The fraction of sp³-hybridized carbons (Fsp3) is 0.200. The molecule has 1 aromatic heterocycles. The van der Waals surface area contributed by atoms with Crippen molar-refractivity contribution in [2.45, 2.75) is 6.92 Å². The van der Waals surface area contributed by atoms with Gasteiger partial charge in [-0.3, -0.25) is 0 Å². The van der Waals surface area contributed by atoms with Crippen LogP contribution in [-0.4, -0.2) is 25.2 Å². The Morgan fingerprint density at radius 3 is 2.65 bits per heavy atom. The maximum absolute atomic E-state index is 14.0. The third kappa shape index (κ3) is 2.61. The lowest BCUT2D eigenvalue weighted by Gasteiger charge is -2.10. The van der Waals surface area contributed by atoms with Crippen molar-refractivity contribution in [3.63, 3.8) is 0 Å². The van der Waals surface area contributed by atoms with Crippen molar-refractivity contribution in [1.29, 1.82) is 0 Å². The molecule has 0 bridgehead atoms. The van der Waals surface area contributed by atoms with E-state index in [1.54, 1.807) is 25.3 Å². The lowest BCUT2D eigenvalue weighted by Crippen LogP contribution is -2.05. The van der Waals surface area contributed by atoms with Gasteiger partial charge in [-0.15, -0.1) is 0 Å². The summed E-state index contributed by atoms with van der Waals surface area (Å²) in [5.74, 6) is -0.864. The van der Waals surface area contributed by atoms with Gasteiger partial charge in [0.05, 0.1) is 19.8 Å². The summed E-state index contributed by atoms with van der Waals surface area (Å²) in [6.07, 6.45) is 1.58. The first-order valence-corrected chi connectivity index (χ1v) is 5.95. The molecule has 5 heteroatoms. The molecule has 0 fully saturated rings. The zero-order valence-corrected chi connectivity index (χ0v) is 11.4. The Kier molecular flexibility index (Phi) is 3.98. The topological polar surface area (TPSA) is 48.4 Å². The maximum atomic E-state index is 14.0. The zero-order chi connectivity index (χ0) is 14.7. The van der Waals surface area contributed by atoms with Crippen molar-refractivity contribution >= 4 is 5.97 Å². The maximum Gasteiger partial charge on any atom is 0.340 e. The van der Waals surface area contributed by atoms with Crippen molar-refractivity contribution in [3.05, 3.63) is 47.4 Å². The second kappa shape index (κ2) is 5.69. The molecule has 0 aliphatic carbocycles. The number of hydrogen-bond acceptors (Lipinski definition) is 4. The van der Waals surface area contributed by atoms with Gasteiger partial charge in [-0.25, -0.2) is 14.2 Å². The van der Waals surface area contributed by atoms with E-state index < -0.39 is 11.8 Å². The average Bonchev–Trinajstić information content (AvgIpc) is 2.48. The number of aromatic nitrogens is 1. The predicted molar refractivity (Wildman–Crippen MR) is 72.3 cm³/mol. The van der Waals surface area contributed by atoms with Gasteiger partial charge in [-0.2, -0.15) is 0 Å². The number of ether oxygens (including phenoxy) is 2. The second-order valence-electron chi connectivity index (χ2n) is 4.23. The van der Waals surface area contributed by atoms with E-state index in [4.69, 9.17) is 4.74 Å². The molecule has 0 aliphatic heterocycles. The fourth-order valence-corrected chi connectivity index (χ4v) is 1.95. The SMILES string of the molecule is COC(=O)c1cc(C)c(-c2ccnc(OC)c2)cc1F. The average molecular weight is 275 g/mol. The third-order valence-corrected chi connectivity index (χ3v) is 2.97. The highest BCUT2D eigenvalue weighted by molar-refractivity contribution is 5.91. The van der Waals surface area contributed by atoms with E-state index in [0.29, 0.717) is 11.4 Å². The summed E-state index contributed by atoms with van der Waals surface area (Å²) in [5, 5.41) is 0. The van der Waals surface area contributed by atoms with Crippen LogP contribution in [0.25, 0.3) is 11.1 Å². The summed E-state index contributed by atoms with van der Waals surface area (Å²) < 4.78 is 23.6. The number of rotatable bonds is 3. The first-order chi connectivity index (χ1) is 9.56. The van der Waals surface area contributed by atoms with Gasteiger partial charge in [-0.05, 0) is 41.8 Å². The number of methoxy groups -OCH3 is 2. The van der Waals surface area contributed by atoms with E-state index in [1.165, 1.54) is 26.4 Å². The number of carbonyl (C=O) groups excluding carboxylic acids is 1. The van der Waals surface area contributed by atoms with Crippen LogP contribution in [0.5, 0.6) is 5.88 Å². The molecule has 0 atom stereocenters. The van der Waals surface area contributed by atoms with E-state index >= 15 is 0 Å². The Morgan fingerprint density at radius 2 is 2.00 bits per heavy atom. The molecule has 0 saturated heterocycles. The number of esters is 1. The predicted octanol–water partition coefficient (Wildman–Crippen LogP) is 2.99. The Bertz CT molecular complexity index is 656. The molecule has 0 spiro atoms. The standard InChI is InChI=1S/C15H14FNO3/c1-9-6-12(15(18)20-3)13(16)8-11(9)10-4-5-17-14(7-10)19-2/h4-8H,1-3H3. The highest BCUT2D eigenvalue weighted by atomic mass is 19.1. The molecule has 0 radical (unpaired) electrons. The van der Waals surface area contributed by atoms with Crippen molar-refractivity contribution in [3.8, 4) is 17.0 Å². The number of halogens is 1. The van der Waals surface area contributed by atoms with Gasteiger partial charge in [0.1, 0.15) is 5.82 Å². The van der Waals surface area contributed by atoms with Crippen molar-refractivity contribution in [1.82, 2.24) is 4.98 Å². The molecule has 104 valence electrons. The van der Waals surface area contributed by atoms with Crippen LogP contribution in [0.2, 0.25) is 0 Å². The lowest BCUT2D eigenvalue weighted by atomic mass is 9.98. The quantitative estimate of drug-likeness (QED) is 0.808. The van der Waals surface area contributed by atoms with Gasteiger partial charge < -0.3 is 9.47 Å². The molecule has 1 aromatic carbocycles. The van der Waals surface area contributed by atoms with E-state index in [0.717, 1.165) is 11.1 Å². The lowest BCUT2D eigenvalue weighted by molar-refractivity contribution is 0.0595.